The van der Waals surface area contributed by atoms with E-state index in [9.17, 15) is 4.79 Å². The zero-order chi connectivity index (χ0) is 16.5. The van der Waals surface area contributed by atoms with Gasteiger partial charge in [-0.05, 0) is 41.8 Å². The Hall–Kier alpha value is -2.59. The third-order valence-corrected chi connectivity index (χ3v) is 4.74. The largest absolute Gasteiger partial charge is 0.312 e. The van der Waals surface area contributed by atoms with E-state index < -0.39 is 0 Å². The fourth-order valence-corrected chi connectivity index (χ4v) is 3.31. The number of nitrogens with one attached hydrogen (secondary N) is 1. The number of anilines is 1. The average molecular weight is 338 g/mol. The number of nitrogens with zero attached hydrogens (tertiary/aromatic N) is 2. The lowest BCUT2D eigenvalue weighted by molar-refractivity contribution is -0.118. The Balaban J connectivity index is 1.55. The number of rotatable bonds is 3. The number of hydrogen-bond donors (Lipinski definition) is 1. The Morgan fingerprint density at radius 2 is 1.79 bits per heavy atom. The number of carbonyl (C=O) groups is 1. The summed E-state index contributed by atoms with van der Waals surface area (Å²) >= 11 is 5.93. The molecule has 0 saturated carbocycles. The molecular formula is C19H16ClN3O. The van der Waals surface area contributed by atoms with Crippen LogP contribution >= 0.6 is 11.6 Å². The molecule has 4 nitrogen and oxygen atoms in total. The van der Waals surface area contributed by atoms with E-state index in [1.165, 1.54) is 0 Å². The number of amides is 1. The van der Waals surface area contributed by atoms with Crippen molar-refractivity contribution in [3.63, 3.8) is 0 Å². The zero-order valence-electron chi connectivity index (χ0n) is 12.9. The number of benzene rings is 2. The van der Waals surface area contributed by atoms with Crippen molar-refractivity contribution in [2.75, 3.05) is 11.4 Å². The topological polar surface area (TPSA) is 49.0 Å². The minimum Gasteiger partial charge on any atom is -0.312 e. The van der Waals surface area contributed by atoms with Gasteiger partial charge < -0.3 is 4.90 Å². The predicted octanol–water partition coefficient (Wildman–Crippen LogP) is 4.25. The number of aromatic nitrogens is 2. The second-order valence-electron chi connectivity index (χ2n) is 5.92. The van der Waals surface area contributed by atoms with Crippen molar-refractivity contribution in [2.45, 2.75) is 12.3 Å². The smallest absolute Gasteiger partial charge is 0.234 e. The van der Waals surface area contributed by atoms with E-state index in [4.69, 9.17) is 11.6 Å². The van der Waals surface area contributed by atoms with E-state index in [0.29, 0.717) is 5.02 Å². The summed E-state index contributed by atoms with van der Waals surface area (Å²) in [6.45, 7) is 0.733. The summed E-state index contributed by atoms with van der Waals surface area (Å²) in [4.78, 5) is 14.6. The van der Waals surface area contributed by atoms with Gasteiger partial charge in [0.1, 0.15) is 0 Å². The first kappa shape index (κ1) is 15.0. The van der Waals surface area contributed by atoms with Crippen LogP contribution in [0.2, 0.25) is 5.02 Å². The van der Waals surface area contributed by atoms with Gasteiger partial charge in [0.25, 0.3) is 0 Å². The lowest BCUT2D eigenvalue weighted by Gasteiger charge is -2.17. The monoisotopic (exact) mass is 337 g/mol. The van der Waals surface area contributed by atoms with E-state index in [2.05, 4.69) is 10.2 Å². The number of halogens is 1. The summed E-state index contributed by atoms with van der Waals surface area (Å²) in [6, 6.07) is 15.6. The Morgan fingerprint density at radius 3 is 2.46 bits per heavy atom. The molecule has 2 aromatic carbocycles. The maximum absolute atomic E-state index is 12.8. The molecule has 1 aromatic heterocycles. The van der Waals surface area contributed by atoms with Crippen LogP contribution in [-0.4, -0.2) is 22.6 Å². The molecule has 1 atom stereocenters. The molecule has 120 valence electrons. The molecule has 0 aliphatic carbocycles. The molecule has 1 saturated heterocycles. The highest BCUT2D eigenvalue weighted by Crippen LogP contribution is 2.33. The molecule has 1 fully saturated rings. The first-order valence-corrected chi connectivity index (χ1v) is 8.26. The minimum atomic E-state index is -0.0872. The van der Waals surface area contributed by atoms with Crippen LogP contribution in [0.5, 0.6) is 0 Å². The number of aromatic amines is 1. The van der Waals surface area contributed by atoms with Gasteiger partial charge in [0.05, 0.1) is 12.1 Å². The number of H-pyrrole nitrogens is 1. The molecule has 4 rings (SSSR count). The minimum absolute atomic E-state index is 0.0872. The molecule has 1 amide bonds. The average Bonchev–Trinajstić information content (AvgIpc) is 3.26. The SMILES string of the molecule is O=C1C(c2ccc(Cl)cc2)CCN1c1ccc(-c2cn[nH]c2)cc1. The standard InChI is InChI=1S/C19H16ClN3O/c20-16-5-1-14(2-6-16)18-9-10-23(19(18)24)17-7-3-13(4-8-17)15-11-21-22-12-15/h1-8,11-12,18H,9-10H2,(H,21,22). The van der Waals surface area contributed by atoms with Crippen molar-refractivity contribution < 1.29 is 4.79 Å². The first-order valence-electron chi connectivity index (χ1n) is 7.88. The van der Waals surface area contributed by atoms with Crippen LogP contribution in [0.1, 0.15) is 17.9 Å². The van der Waals surface area contributed by atoms with Gasteiger partial charge in [-0.2, -0.15) is 5.10 Å². The van der Waals surface area contributed by atoms with Crippen LogP contribution in [0.15, 0.2) is 60.9 Å². The Morgan fingerprint density at radius 1 is 1.04 bits per heavy atom. The first-order chi connectivity index (χ1) is 11.7. The summed E-state index contributed by atoms with van der Waals surface area (Å²) in [5.41, 5.74) is 4.08. The van der Waals surface area contributed by atoms with Gasteiger partial charge >= 0.3 is 0 Å². The molecule has 1 aliphatic heterocycles. The fraction of sp³-hybridized carbons (Fsp3) is 0.158. The molecular weight excluding hydrogens is 322 g/mol. The summed E-state index contributed by atoms with van der Waals surface area (Å²) in [7, 11) is 0. The Bertz CT molecular complexity index is 841. The third-order valence-electron chi connectivity index (χ3n) is 4.49. The molecule has 0 bridgehead atoms. The van der Waals surface area contributed by atoms with Crippen molar-refractivity contribution in [1.29, 1.82) is 0 Å². The van der Waals surface area contributed by atoms with E-state index >= 15 is 0 Å². The summed E-state index contributed by atoms with van der Waals surface area (Å²) in [5.74, 6) is 0.0594. The quantitative estimate of drug-likeness (QED) is 0.776. The molecule has 0 spiro atoms. The van der Waals surface area contributed by atoms with Crippen LogP contribution in [0, 0.1) is 0 Å². The highest BCUT2D eigenvalue weighted by atomic mass is 35.5. The fourth-order valence-electron chi connectivity index (χ4n) is 3.18. The van der Waals surface area contributed by atoms with Crippen LogP contribution in [0.4, 0.5) is 5.69 Å². The second kappa shape index (κ2) is 6.13. The van der Waals surface area contributed by atoms with Crippen molar-refractivity contribution in [1.82, 2.24) is 10.2 Å². The van der Waals surface area contributed by atoms with Gasteiger partial charge in [-0.15, -0.1) is 0 Å². The molecule has 5 heteroatoms. The molecule has 2 heterocycles. The van der Waals surface area contributed by atoms with Gasteiger partial charge in [-0.25, -0.2) is 0 Å². The van der Waals surface area contributed by atoms with E-state index in [0.717, 1.165) is 35.3 Å². The van der Waals surface area contributed by atoms with Gasteiger partial charge in [0, 0.05) is 29.0 Å². The number of carbonyl (C=O) groups excluding carboxylic acids is 1. The van der Waals surface area contributed by atoms with Gasteiger partial charge in [0.15, 0.2) is 0 Å². The predicted molar refractivity (Wildman–Crippen MR) is 95.2 cm³/mol. The summed E-state index contributed by atoms with van der Waals surface area (Å²) < 4.78 is 0. The third kappa shape index (κ3) is 2.69. The van der Waals surface area contributed by atoms with Crippen molar-refractivity contribution in [3.8, 4) is 11.1 Å². The summed E-state index contributed by atoms with van der Waals surface area (Å²) in [6.07, 6.45) is 4.46. The Kier molecular flexibility index (Phi) is 3.82. The number of hydrogen-bond acceptors (Lipinski definition) is 2. The summed E-state index contributed by atoms with van der Waals surface area (Å²) in [5, 5.41) is 7.46. The lowest BCUT2D eigenvalue weighted by Crippen LogP contribution is -2.26. The molecule has 0 radical (unpaired) electrons. The van der Waals surface area contributed by atoms with Crippen LogP contribution in [0.3, 0.4) is 0 Å². The van der Waals surface area contributed by atoms with Gasteiger partial charge in [0.2, 0.25) is 5.91 Å². The highest BCUT2D eigenvalue weighted by Gasteiger charge is 2.33. The molecule has 1 aliphatic rings. The maximum Gasteiger partial charge on any atom is 0.234 e. The van der Waals surface area contributed by atoms with Crippen molar-refractivity contribution >= 4 is 23.2 Å². The normalized spacial score (nSPS) is 17.5. The molecule has 24 heavy (non-hydrogen) atoms. The van der Waals surface area contributed by atoms with Crippen LogP contribution < -0.4 is 4.90 Å². The molecule has 3 aromatic rings. The lowest BCUT2D eigenvalue weighted by atomic mass is 9.98. The van der Waals surface area contributed by atoms with Crippen molar-refractivity contribution in [3.05, 3.63) is 71.5 Å². The Labute approximate surface area is 145 Å². The second-order valence-corrected chi connectivity index (χ2v) is 6.35. The van der Waals surface area contributed by atoms with Crippen LogP contribution in [-0.2, 0) is 4.79 Å². The van der Waals surface area contributed by atoms with E-state index in [1.807, 2.05) is 59.6 Å². The molecule has 1 unspecified atom stereocenters. The highest BCUT2D eigenvalue weighted by molar-refractivity contribution is 6.30. The van der Waals surface area contributed by atoms with Gasteiger partial charge in [-0.1, -0.05) is 35.9 Å². The van der Waals surface area contributed by atoms with Crippen molar-refractivity contribution in [2.24, 2.45) is 0 Å². The van der Waals surface area contributed by atoms with Crippen LogP contribution in [0.25, 0.3) is 11.1 Å². The van der Waals surface area contributed by atoms with E-state index in [-0.39, 0.29) is 11.8 Å². The van der Waals surface area contributed by atoms with E-state index in [1.54, 1.807) is 6.20 Å². The van der Waals surface area contributed by atoms with Gasteiger partial charge in [-0.3, -0.25) is 9.89 Å². The molecule has 1 N–H and O–H groups in total. The zero-order valence-corrected chi connectivity index (χ0v) is 13.7. The maximum atomic E-state index is 12.8.